The Hall–Kier alpha value is -1.89. The Bertz CT molecular complexity index is 794. The molecule has 3 rings (SSSR count). The molecule has 1 fully saturated rings. The van der Waals surface area contributed by atoms with Gasteiger partial charge in [0.05, 0.1) is 5.52 Å². The highest BCUT2D eigenvalue weighted by Gasteiger charge is 2.28. The average molecular weight is 366 g/mol. The summed E-state index contributed by atoms with van der Waals surface area (Å²) < 4.78 is 6.87. The van der Waals surface area contributed by atoms with Crippen LogP contribution in [-0.4, -0.2) is 40.1 Å². The number of benzene rings is 1. The monoisotopic (exact) mass is 365 g/mol. The number of halogens is 1. The summed E-state index contributed by atoms with van der Waals surface area (Å²) >= 11 is 0. The minimum absolute atomic E-state index is 0. The number of nitrogens with zero attached hydrogens (tertiary/aromatic N) is 2. The van der Waals surface area contributed by atoms with E-state index in [2.05, 4.69) is 0 Å². The van der Waals surface area contributed by atoms with Crippen LogP contribution in [0.5, 0.6) is 0 Å². The number of hydrogen-bond acceptors (Lipinski definition) is 5. The normalized spacial score (nSPS) is 18.2. The van der Waals surface area contributed by atoms with E-state index in [-0.39, 0.29) is 24.1 Å². The lowest BCUT2D eigenvalue weighted by Crippen LogP contribution is -2.29. The molecule has 6 nitrogen and oxygen atoms in total. The van der Waals surface area contributed by atoms with Gasteiger partial charge in [0.25, 0.3) is 0 Å². The van der Waals surface area contributed by atoms with Gasteiger partial charge in [-0.1, -0.05) is 12.1 Å². The summed E-state index contributed by atoms with van der Waals surface area (Å²) in [6.45, 7) is 6.77. The van der Waals surface area contributed by atoms with Gasteiger partial charge in [-0.2, -0.15) is 0 Å². The molecule has 1 atom stereocenters. The number of aromatic nitrogens is 1. The van der Waals surface area contributed by atoms with Crippen molar-refractivity contribution < 1.29 is 14.3 Å². The van der Waals surface area contributed by atoms with Crippen molar-refractivity contribution >= 4 is 35.2 Å². The molecule has 0 amide bonds. The third-order valence-corrected chi connectivity index (χ3v) is 4.16. The van der Waals surface area contributed by atoms with Crippen LogP contribution in [0.15, 0.2) is 30.5 Å². The minimum Gasteiger partial charge on any atom is -0.443 e. The van der Waals surface area contributed by atoms with Crippen LogP contribution in [0.25, 0.3) is 10.9 Å². The second-order valence-corrected chi connectivity index (χ2v) is 7.28. The fourth-order valence-corrected chi connectivity index (χ4v) is 2.99. The first kappa shape index (κ1) is 19.4. The summed E-state index contributed by atoms with van der Waals surface area (Å²) in [6, 6.07) is 7.27. The third-order valence-electron chi connectivity index (χ3n) is 4.16. The van der Waals surface area contributed by atoms with E-state index in [0.29, 0.717) is 17.6 Å². The van der Waals surface area contributed by atoms with E-state index in [1.807, 2.05) is 39.0 Å². The number of fused-ring (bicyclic) bond motifs is 1. The number of carbonyl (C=O) groups excluding carboxylic acids is 2. The quantitative estimate of drug-likeness (QED) is 0.653. The highest BCUT2D eigenvalue weighted by Crippen LogP contribution is 2.24. The van der Waals surface area contributed by atoms with Crippen LogP contribution in [0.1, 0.15) is 37.6 Å². The molecule has 1 aliphatic heterocycles. The van der Waals surface area contributed by atoms with Crippen molar-refractivity contribution in [1.82, 2.24) is 9.58 Å². The van der Waals surface area contributed by atoms with Crippen molar-refractivity contribution in [2.45, 2.75) is 32.8 Å². The molecule has 136 valence electrons. The van der Waals surface area contributed by atoms with Crippen LogP contribution in [0.4, 0.5) is 4.79 Å². The largest absolute Gasteiger partial charge is 0.443 e. The standard InChI is InChI=1S/C18H23N3O3.ClH/c1-18(2,3)24-17(23)21-9-7-12-4-5-13(10-15(12)21)16(22)14-6-8-20(19)11-14;/h4-5,7,9-10,14H,6,8,11,19H2,1-3H3;1H/t14-;/m0./s1. The van der Waals surface area contributed by atoms with Gasteiger partial charge in [-0.25, -0.2) is 9.80 Å². The van der Waals surface area contributed by atoms with Crippen molar-refractivity contribution in [3.05, 3.63) is 36.0 Å². The fourth-order valence-electron chi connectivity index (χ4n) is 2.99. The van der Waals surface area contributed by atoms with Gasteiger partial charge in [-0.05, 0) is 39.3 Å². The predicted molar refractivity (Wildman–Crippen MR) is 99.0 cm³/mol. The highest BCUT2D eigenvalue weighted by atomic mass is 35.5. The Kier molecular flexibility index (Phi) is 5.56. The summed E-state index contributed by atoms with van der Waals surface area (Å²) in [7, 11) is 0. The van der Waals surface area contributed by atoms with Gasteiger partial charge in [0, 0.05) is 36.2 Å². The van der Waals surface area contributed by atoms with Crippen LogP contribution < -0.4 is 5.84 Å². The SMILES string of the molecule is CC(C)(C)OC(=O)n1ccc2ccc(C(=O)[C@H]3CCN(N)C3)cc21.Cl. The summed E-state index contributed by atoms with van der Waals surface area (Å²) in [5.41, 5.74) is 0.708. The number of ketones is 1. The number of ether oxygens (including phenoxy) is 1. The molecule has 2 N–H and O–H groups in total. The molecule has 1 aromatic carbocycles. The molecule has 1 aliphatic rings. The maximum Gasteiger partial charge on any atom is 0.418 e. The van der Waals surface area contributed by atoms with Gasteiger partial charge in [-0.3, -0.25) is 15.2 Å². The van der Waals surface area contributed by atoms with E-state index in [1.165, 1.54) is 4.57 Å². The average Bonchev–Trinajstić information content (AvgIpc) is 3.10. The zero-order valence-corrected chi connectivity index (χ0v) is 15.5. The molecule has 0 bridgehead atoms. The van der Waals surface area contributed by atoms with Crippen LogP contribution in [0.2, 0.25) is 0 Å². The van der Waals surface area contributed by atoms with E-state index < -0.39 is 11.7 Å². The van der Waals surface area contributed by atoms with E-state index in [9.17, 15) is 9.59 Å². The molecular weight excluding hydrogens is 342 g/mol. The first-order chi connectivity index (χ1) is 11.2. The number of nitrogens with two attached hydrogens (primary N) is 1. The van der Waals surface area contributed by atoms with Gasteiger partial charge >= 0.3 is 6.09 Å². The Morgan fingerprint density at radius 2 is 1.96 bits per heavy atom. The Morgan fingerprint density at radius 3 is 2.56 bits per heavy atom. The Labute approximate surface area is 153 Å². The van der Waals surface area contributed by atoms with Gasteiger partial charge in [0.15, 0.2) is 5.78 Å². The Morgan fingerprint density at radius 1 is 1.24 bits per heavy atom. The predicted octanol–water partition coefficient (Wildman–Crippen LogP) is 3.22. The maximum absolute atomic E-state index is 12.7. The van der Waals surface area contributed by atoms with Gasteiger partial charge in [0.2, 0.25) is 0 Å². The van der Waals surface area contributed by atoms with Crippen molar-refractivity contribution in [2.24, 2.45) is 11.8 Å². The zero-order chi connectivity index (χ0) is 17.5. The van der Waals surface area contributed by atoms with Crippen molar-refractivity contribution in [1.29, 1.82) is 0 Å². The minimum atomic E-state index is -0.574. The van der Waals surface area contributed by atoms with E-state index in [1.54, 1.807) is 17.3 Å². The molecule has 0 radical (unpaired) electrons. The summed E-state index contributed by atoms with van der Waals surface area (Å²) in [6.07, 6.45) is 1.99. The molecule has 0 saturated carbocycles. The van der Waals surface area contributed by atoms with E-state index in [0.717, 1.165) is 18.4 Å². The summed E-state index contributed by atoms with van der Waals surface area (Å²) in [4.78, 5) is 25.0. The number of carbonyl (C=O) groups is 2. The first-order valence-electron chi connectivity index (χ1n) is 8.13. The molecule has 25 heavy (non-hydrogen) atoms. The molecule has 7 heteroatoms. The number of Topliss-reactive ketones (excluding diaryl/α,β-unsaturated/α-hetero) is 1. The molecule has 0 aliphatic carbocycles. The molecule has 2 aromatic rings. The molecule has 0 unspecified atom stereocenters. The highest BCUT2D eigenvalue weighted by molar-refractivity contribution is 6.02. The molecule has 1 saturated heterocycles. The summed E-state index contributed by atoms with van der Waals surface area (Å²) in [5.74, 6) is 5.74. The van der Waals surface area contributed by atoms with Crippen molar-refractivity contribution in [3.8, 4) is 0 Å². The number of rotatable bonds is 2. The van der Waals surface area contributed by atoms with Gasteiger partial charge in [-0.15, -0.1) is 12.4 Å². The smallest absolute Gasteiger partial charge is 0.418 e. The number of hydrazine groups is 1. The second kappa shape index (κ2) is 7.15. The fraction of sp³-hybridized carbons (Fsp3) is 0.444. The number of hydrogen-bond donors (Lipinski definition) is 1. The van der Waals surface area contributed by atoms with Crippen LogP contribution in [0, 0.1) is 5.92 Å². The van der Waals surface area contributed by atoms with Gasteiger partial charge < -0.3 is 4.74 Å². The lowest BCUT2D eigenvalue weighted by Gasteiger charge is -2.19. The van der Waals surface area contributed by atoms with Crippen LogP contribution in [-0.2, 0) is 4.74 Å². The molecular formula is C18H24ClN3O3. The lowest BCUT2D eigenvalue weighted by molar-refractivity contribution is 0.0544. The second-order valence-electron chi connectivity index (χ2n) is 7.28. The Balaban J connectivity index is 0.00000225. The van der Waals surface area contributed by atoms with Crippen molar-refractivity contribution in [3.63, 3.8) is 0 Å². The van der Waals surface area contributed by atoms with Gasteiger partial charge in [0.1, 0.15) is 5.60 Å². The summed E-state index contributed by atoms with van der Waals surface area (Å²) in [5, 5.41) is 2.56. The molecule has 1 aromatic heterocycles. The van der Waals surface area contributed by atoms with Crippen LogP contribution >= 0.6 is 12.4 Å². The zero-order valence-electron chi connectivity index (χ0n) is 14.7. The van der Waals surface area contributed by atoms with E-state index >= 15 is 0 Å². The third kappa shape index (κ3) is 4.21. The topological polar surface area (TPSA) is 77.6 Å². The molecule has 0 spiro atoms. The first-order valence-corrected chi connectivity index (χ1v) is 8.13. The lowest BCUT2D eigenvalue weighted by atomic mass is 9.96. The maximum atomic E-state index is 12.7. The van der Waals surface area contributed by atoms with Crippen LogP contribution in [0.3, 0.4) is 0 Å². The van der Waals surface area contributed by atoms with Crippen molar-refractivity contribution in [2.75, 3.05) is 13.1 Å². The van der Waals surface area contributed by atoms with E-state index in [4.69, 9.17) is 10.6 Å². The molecule has 2 heterocycles.